The molecule has 1 amide bonds. The van der Waals surface area contributed by atoms with Crippen molar-refractivity contribution in [1.82, 2.24) is 5.32 Å². The van der Waals surface area contributed by atoms with E-state index in [4.69, 9.17) is 17.3 Å². The maximum atomic E-state index is 11.9. The number of benzene rings is 1. The zero-order valence-corrected chi connectivity index (χ0v) is 11.7. The first-order valence-electron chi connectivity index (χ1n) is 5.23. The first-order chi connectivity index (χ1) is 8.20. The number of sulfone groups is 1. The fourth-order valence-electron chi connectivity index (χ4n) is 1.52. The topological polar surface area (TPSA) is 89.3 Å². The van der Waals surface area contributed by atoms with Gasteiger partial charge in [-0.2, -0.15) is 0 Å². The van der Waals surface area contributed by atoms with Crippen LogP contribution in [0, 0.1) is 0 Å². The Morgan fingerprint density at radius 3 is 2.67 bits per heavy atom. The van der Waals surface area contributed by atoms with Crippen molar-refractivity contribution in [2.24, 2.45) is 0 Å². The molecule has 100 valence electrons. The van der Waals surface area contributed by atoms with Gasteiger partial charge >= 0.3 is 0 Å². The summed E-state index contributed by atoms with van der Waals surface area (Å²) in [6.45, 7) is 1.61. The van der Waals surface area contributed by atoms with Crippen molar-refractivity contribution in [3.63, 3.8) is 0 Å². The molecule has 0 heterocycles. The summed E-state index contributed by atoms with van der Waals surface area (Å²) in [5, 5.41) is 2.73. The molecule has 18 heavy (non-hydrogen) atoms. The van der Waals surface area contributed by atoms with Crippen molar-refractivity contribution in [1.29, 1.82) is 0 Å². The van der Waals surface area contributed by atoms with E-state index in [2.05, 4.69) is 5.32 Å². The van der Waals surface area contributed by atoms with Crippen molar-refractivity contribution in [2.75, 3.05) is 17.7 Å². The molecule has 7 heteroatoms. The maximum Gasteiger partial charge on any atom is 0.253 e. The van der Waals surface area contributed by atoms with Crippen LogP contribution in [0.2, 0.25) is 5.02 Å². The minimum atomic E-state index is -3.14. The van der Waals surface area contributed by atoms with Gasteiger partial charge < -0.3 is 11.1 Å². The number of hydrogen-bond acceptors (Lipinski definition) is 4. The molecule has 0 saturated carbocycles. The van der Waals surface area contributed by atoms with E-state index in [1.54, 1.807) is 19.1 Å². The Bertz CT molecular complexity index is 557. The molecule has 0 aliphatic heterocycles. The molecule has 0 saturated heterocycles. The standard InChI is InChI=1S/C11H15ClN2O3S/c1-7(6-18(2,16)17)14-11(15)8-4-3-5-9(13)10(8)12/h3-5,7H,6,13H2,1-2H3,(H,14,15). The lowest BCUT2D eigenvalue weighted by Crippen LogP contribution is -2.37. The predicted molar refractivity (Wildman–Crippen MR) is 72.5 cm³/mol. The van der Waals surface area contributed by atoms with Gasteiger partial charge in [-0.3, -0.25) is 4.79 Å². The molecule has 1 unspecified atom stereocenters. The van der Waals surface area contributed by atoms with Crippen LogP contribution in [0.25, 0.3) is 0 Å². The molecule has 0 aromatic heterocycles. The van der Waals surface area contributed by atoms with Gasteiger partial charge in [0.2, 0.25) is 0 Å². The number of hydrogen-bond donors (Lipinski definition) is 2. The summed E-state index contributed by atoms with van der Waals surface area (Å²) in [5.41, 5.74) is 6.12. The highest BCUT2D eigenvalue weighted by Gasteiger charge is 2.17. The Hall–Kier alpha value is -1.27. The molecular weight excluding hydrogens is 276 g/mol. The minimum absolute atomic E-state index is 0.126. The quantitative estimate of drug-likeness (QED) is 0.812. The normalized spacial score (nSPS) is 13.1. The van der Waals surface area contributed by atoms with E-state index in [-0.39, 0.29) is 16.3 Å². The Balaban J connectivity index is 2.80. The van der Waals surface area contributed by atoms with E-state index in [1.807, 2.05) is 0 Å². The van der Waals surface area contributed by atoms with Gasteiger partial charge in [0.25, 0.3) is 5.91 Å². The van der Waals surface area contributed by atoms with Gasteiger partial charge in [0.1, 0.15) is 9.84 Å². The number of anilines is 1. The van der Waals surface area contributed by atoms with Crippen LogP contribution in [0.3, 0.4) is 0 Å². The van der Waals surface area contributed by atoms with Crippen LogP contribution >= 0.6 is 11.6 Å². The first-order valence-corrected chi connectivity index (χ1v) is 7.67. The molecule has 1 aromatic rings. The number of nitrogens with two attached hydrogens (primary N) is 1. The Morgan fingerprint density at radius 1 is 1.50 bits per heavy atom. The second kappa shape index (κ2) is 5.58. The van der Waals surface area contributed by atoms with Gasteiger partial charge in [-0.05, 0) is 19.1 Å². The van der Waals surface area contributed by atoms with Crippen LogP contribution < -0.4 is 11.1 Å². The first kappa shape index (κ1) is 14.8. The summed E-state index contributed by atoms with van der Waals surface area (Å²) in [5.74, 6) is -0.568. The third kappa shape index (κ3) is 4.19. The lowest BCUT2D eigenvalue weighted by atomic mass is 10.2. The number of amides is 1. The molecular formula is C11H15ClN2O3S. The molecule has 0 bridgehead atoms. The van der Waals surface area contributed by atoms with Crippen LogP contribution in [-0.4, -0.2) is 32.4 Å². The summed E-state index contributed by atoms with van der Waals surface area (Å²) < 4.78 is 22.2. The van der Waals surface area contributed by atoms with Gasteiger partial charge in [-0.1, -0.05) is 17.7 Å². The minimum Gasteiger partial charge on any atom is -0.398 e. The molecule has 0 radical (unpaired) electrons. The van der Waals surface area contributed by atoms with E-state index < -0.39 is 21.8 Å². The lowest BCUT2D eigenvalue weighted by Gasteiger charge is -2.13. The molecule has 1 rings (SSSR count). The van der Waals surface area contributed by atoms with E-state index >= 15 is 0 Å². The van der Waals surface area contributed by atoms with Crippen molar-refractivity contribution in [2.45, 2.75) is 13.0 Å². The zero-order chi connectivity index (χ0) is 13.9. The monoisotopic (exact) mass is 290 g/mol. The van der Waals surface area contributed by atoms with Gasteiger partial charge in [-0.25, -0.2) is 8.42 Å². The van der Waals surface area contributed by atoms with Crippen molar-refractivity contribution in [3.8, 4) is 0 Å². The van der Waals surface area contributed by atoms with Crippen LogP contribution in [0.1, 0.15) is 17.3 Å². The maximum absolute atomic E-state index is 11.9. The van der Waals surface area contributed by atoms with Crippen molar-refractivity contribution in [3.05, 3.63) is 28.8 Å². The molecule has 0 spiro atoms. The summed E-state index contributed by atoms with van der Waals surface area (Å²) in [7, 11) is -3.14. The molecule has 0 fully saturated rings. The summed E-state index contributed by atoms with van der Waals surface area (Å²) >= 11 is 5.90. The highest BCUT2D eigenvalue weighted by atomic mass is 35.5. The van der Waals surface area contributed by atoms with Crippen molar-refractivity contribution >= 4 is 33.0 Å². The number of nitrogen functional groups attached to an aromatic ring is 1. The highest BCUT2D eigenvalue weighted by molar-refractivity contribution is 7.90. The number of rotatable bonds is 4. The number of halogens is 1. The van der Waals surface area contributed by atoms with Gasteiger partial charge in [0.05, 0.1) is 22.0 Å². The number of carbonyl (C=O) groups is 1. The second-order valence-electron chi connectivity index (χ2n) is 4.18. The second-order valence-corrected chi connectivity index (χ2v) is 6.74. The molecule has 5 nitrogen and oxygen atoms in total. The fraction of sp³-hybridized carbons (Fsp3) is 0.364. The Labute approximate surface area is 111 Å². The third-order valence-electron chi connectivity index (χ3n) is 2.20. The summed E-state index contributed by atoms with van der Waals surface area (Å²) in [4.78, 5) is 11.9. The van der Waals surface area contributed by atoms with Crippen LogP contribution in [0.4, 0.5) is 5.69 Å². The Kier molecular flexibility index (Phi) is 4.59. The summed E-state index contributed by atoms with van der Waals surface area (Å²) in [6.07, 6.45) is 1.11. The largest absolute Gasteiger partial charge is 0.398 e. The van der Waals surface area contributed by atoms with Crippen LogP contribution in [0.5, 0.6) is 0 Å². The molecule has 1 atom stereocenters. The molecule has 1 aromatic carbocycles. The fourth-order valence-corrected chi connectivity index (χ4v) is 2.73. The van der Waals surface area contributed by atoms with Crippen molar-refractivity contribution < 1.29 is 13.2 Å². The number of carbonyl (C=O) groups excluding carboxylic acids is 1. The van der Waals surface area contributed by atoms with E-state index in [0.29, 0.717) is 5.69 Å². The molecule has 3 N–H and O–H groups in total. The lowest BCUT2D eigenvalue weighted by molar-refractivity contribution is 0.0944. The SMILES string of the molecule is CC(CS(C)(=O)=O)NC(=O)c1cccc(N)c1Cl. The van der Waals surface area contributed by atoms with Gasteiger partial charge in [0, 0.05) is 12.3 Å². The molecule has 0 aliphatic carbocycles. The van der Waals surface area contributed by atoms with Gasteiger partial charge in [-0.15, -0.1) is 0 Å². The smallest absolute Gasteiger partial charge is 0.253 e. The highest BCUT2D eigenvalue weighted by Crippen LogP contribution is 2.22. The average Bonchev–Trinajstić information content (AvgIpc) is 2.18. The van der Waals surface area contributed by atoms with E-state index in [0.717, 1.165) is 6.26 Å². The average molecular weight is 291 g/mol. The zero-order valence-electron chi connectivity index (χ0n) is 10.1. The molecule has 0 aliphatic rings. The van der Waals surface area contributed by atoms with Gasteiger partial charge in [0.15, 0.2) is 0 Å². The Morgan fingerprint density at radius 2 is 2.11 bits per heavy atom. The number of nitrogens with one attached hydrogen (secondary N) is 1. The van der Waals surface area contributed by atoms with E-state index in [9.17, 15) is 13.2 Å². The van der Waals surface area contributed by atoms with E-state index in [1.165, 1.54) is 6.07 Å². The third-order valence-corrected chi connectivity index (χ3v) is 3.73. The van der Waals surface area contributed by atoms with Crippen LogP contribution in [-0.2, 0) is 9.84 Å². The van der Waals surface area contributed by atoms with Crippen LogP contribution in [0.15, 0.2) is 18.2 Å². The predicted octanol–water partition coefficient (Wildman–Crippen LogP) is 1.09. The summed E-state index contributed by atoms with van der Waals surface area (Å²) in [6, 6.07) is 4.22.